The van der Waals surface area contributed by atoms with Crippen LogP contribution in [0.5, 0.6) is 0 Å². The summed E-state index contributed by atoms with van der Waals surface area (Å²) in [6.45, 7) is 6.94. The Labute approximate surface area is 209 Å². The maximum atomic E-state index is 13.7. The normalized spacial score (nSPS) is 13.3. The molecule has 0 saturated carbocycles. The van der Waals surface area contributed by atoms with Crippen molar-refractivity contribution in [2.45, 2.75) is 39.5 Å². The van der Waals surface area contributed by atoms with Gasteiger partial charge >= 0.3 is 6.09 Å². The summed E-state index contributed by atoms with van der Waals surface area (Å²) in [4.78, 5) is 19.0. The van der Waals surface area contributed by atoms with Crippen LogP contribution in [0.2, 0.25) is 0 Å². The maximum Gasteiger partial charge on any atom is 0.410 e. The van der Waals surface area contributed by atoms with E-state index >= 15 is 0 Å². The molecule has 0 bridgehead atoms. The van der Waals surface area contributed by atoms with Crippen molar-refractivity contribution in [2.24, 2.45) is 0 Å². The Hall–Kier alpha value is -4.20. The number of carbonyl (C=O) groups is 1. The van der Waals surface area contributed by atoms with Crippen LogP contribution in [0.25, 0.3) is 22.4 Å². The SMILES string of the molecule is CC(C)(C)OC(=O)N1CCn2nc(-c3ccc(F)cc3)c(-c3ccnc(Nc4ccccc4)c3)c2C1. The lowest BCUT2D eigenvalue weighted by molar-refractivity contribution is 0.0195. The first-order chi connectivity index (χ1) is 17.3. The molecule has 2 aromatic heterocycles. The molecule has 0 spiro atoms. The molecule has 0 fully saturated rings. The number of aromatic nitrogens is 3. The summed E-state index contributed by atoms with van der Waals surface area (Å²) < 4.78 is 21.2. The van der Waals surface area contributed by atoms with Gasteiger partial charge in [0.2, 0.25) is 0 Å². The van der Waals surface area contributed by atoms with Gasteiger partial charge in [-0.25, -0.2) is 14.2 Å². The van der Waals surface area contributed by atoms with E-state index in [0.717, 1.165) is 33.8 Å². The Balaban J connectivity index is 1.57. The van der Waals surface area contributed by atoms with E-state index in [1.807, 2.05) is 67.9 Å². The molecular formula is C28H28FN5O2. The Bertz CT molecular complexity index is 1380. The minimum absolute atomic E-state index is 0.307. The third kappa shape index (κ3) is 5.07. The molecule has 0 aliphatic carbocycles. The highest BCUT2D eigenvalue weighted by atomic mass is 19.1. The van der Waals surface area contributed by atoms with Crippen LogP contribution < -0.4 is 5.32 Å². The maximum absolute atomic E-state index is 13.7. The van der Waals surface area contributed by atoms with Gasteiger partial charge in [0, 0.05) is 29.6 Å². The molecule has 5 rings (SSSR count). The van der Waals surface area contributed by atoms with Crippen molar-refractivity contribution in [1.82, 2.24) is 19.7 Å². The minimum atomic E-state index is -0.583. The van der Waals surface area contributed by atoms with E-state index in [9.17, 15) is 9.18 Å². The van der Waals surface area contributed by atoms with Crippen LogP contribution >= 0.6 is 0 Å². The zero-order valence-corrected chi connectivity index (χ0v) is 20.5. The monoisotopic (exact) mass is 485 g/mol. The fraction of sp³-hybridized carbons (Fsp3) is 0.250. The number of rotatable bonds is 4. The molecule has 7 nitrogen and oxygen atoms in total. The number of para-hydroxylation sites is 1. The molecule has 8 heteroatoms. The number of nitrogens with one attached hydrogen (secondary N) is 1. The summed E-state index contributed by atoms with van der Waals surface area (Å²) in [7, 11) is 0. The van der Waals surface area contributed by atoms with E-state index in [1.54, 1.807) is 23.2 Å². The van der Waals surface area contributed by atoms with Gasteiger partial charge in [0.05, 0.1) is 18.8 Å². The van der Waals surface area contributed by atoms with E-state index < -0.39 is 5.60 Å². The van der Waals surface area contributed by atoms with Crippen molar-refractivity contribution >= 4 is 17.6 Å². The van der Waals surface area contributed by atoms with Gasteiger partial charge in [-0.3, -0.25) is 4.68 Å². The summed E-state index contributed by atoms with van der Waals surface area (Å²) in [6, 6.07) is 20.0. The van der Waals surface area contributed by atoms with Crippen LogP contribution in [0, 0.1) is 5.82 Å². The second-order valence-electron chi connectivity index (χ2n) is 9.72. The number of anilines is 2. The van der Waals surface area contributed by atoms with Gasteiger partial charge in [-0.05, 0) is 74.9 Å². The van der Waals surface area contributed by atoms with E-state index in [0.29, 0.717) is 25.5 Å². The van der Waals surface area contributed by atoms with Crippen LogP contribution in [0.4, 0.5) is 20.7 Å². The standard InChI is InChI=1S/C28H28FN5O2/c1-28(2,3)36-27(35)33-15-16-34-23(18-33)25(26(32-34)19-9-11-21(29)12-10-19)20-13-14-30-24(17-20)31-22-7-5-4-6-8-22/h4-14,17H,15-16,18H2,1-3H3,(H,30,31). The fourth-order valence-corrected chi connectivity index (χ4v) is 4.24. The van der Waals surface area contributed by atoms with Gasteiger partial charge in [-0.15, -0.1) is 0 Å². The lowest BCUT2D eigenvalue weighted by atomic mass is 9.98. The van der Waals surface area contributed by atoms with E-state index in [1.165, 1.54) is 12.1 Å². The molecule has 0 saturated heterocycles. The molecule has 1 aliphatic heterocycles. The highest BCUT2D eigenvalue weighted by Crippen LogP contribution is 2.37. The number of pyridine rings is 1. The van der Waals surface area contributed by atoms with Crippen LogP contribution in [0.1, 0.15) is 26.5 Å². The first kappa shape index (κ1) is 23.5. The summed E-state index contributed by atoms with van der Waals surface area (Å²) in [6.07, 6.45) is 1.39. The molecule has 0 atom stereocenters. The minimum Gasteiger partial charge on any atom is -0.444 e. The predicted molar refractivity (Wildman–Crippen MR) is 137 cm³/mol. The van der Waals surface area contributed by atoms with Crippen LogP contribution in [-0.2, 0) is 17.8 Å². The van der Waals surface area contributed by atoms with Gasteiger partial charge in [-0.1, -0.05) is 18.2 Å². The average Bonchev–Trinajstić information content (AvgIpc) is 3.23. The Morgan fingerprint density at radius 2 is 1.75 bits per heavy atom. The van der Waals surface area contributed by atoms with Crippen molar-refractivity contribution in [2.75, 3.05) is 11.9 Å². The molecule has 36 heavy (non-hydrogen) atoms. The van der Waals surface area contributed by atoms with Gasteiger partial charge < -0.3 is 15.0 Å². The number of amides is 1. The van der Waals surface area contributed by atoms with Crippen LogP contribution in [0.15, 0.2) is 72.9 Å². The molecule has 4 aromatic rings. The van der Waals surface area contributed by atoms with Gasteiger partial charge in [0.1, 0.15) is 22.9 Å². The van der Waals surface area contributed by atoms with Crippen molar-refractivity contribution in [3.63, 3.8) is 0 Å². The van der Waals surface area contributed by atoms with Crippen LogP contribution in [-0.4, -0.2) is 37.9 Å². The number of nitrogens with zero attached hydrogens (tertiary/aromatic N) is 4. The van der Waals surface area contributed by atoms with E-state index in [-0.39, 0.29) is 11.9 Å². The van der Waals surface area contributed by atoms with Gasteiger partial charge in [0.15, 0.2) is 0 Å². The Morgan fingerprint density at radius 3 is 2.47 bits per heavy atom. The largest absolute Gasteiger partial charge is 0.444 e. The molecule has 1 aliphatic rings. The number of ether oxygens (including phenoxy) is 1. The number of hydrogen-bond acceptors (Lipinski definition) is 5. The first-order valence-corrected chi connectivity index (χ1v) is 11.9. The average molecular weight is 486 g/mol. The quantitative estimate of drug-likeness (QED) is 0.370. The molecule has 0 unspecified atom stereocenters. The molecule has 184 valence electrons. The Kier molecular flexibility index (Phi) is 6.18. The molecule has 3 heterocycles. The van der Waals surface area contributed by atoms with E-state index in [4.69, 9.17) is 9.84 Å². The lowest BCUT2D eigenvalue weighted by Gasteiger charge is -2.30. The van der Waals surface area contributed by atoms with Crippen LogP contribution in [0.3, 0.4) is 0 Å². The number of benzene rings is 2. The topological polar surface area (TPSA) is 72.3 Å². The van der Waals surface area contributed by atoms with Crippen molar-refractivity contribution in [3.05, 3.63) is 84.4 Å². The van der Waals surface area contributed by atoms with Gasteiger partial charge in [-0.2, -0.15) is 5.10 Å². The number of halogens is 1. The predicted octanol–water partition coefficient (Wildman–Crippen LogP) is 6.25. The number of carbonyl (C=O) groups excluding carboxylic acids is 1. The Morgan fingerprint density at radius 1 is 1.00 bits per heavy atom. The summed E-state index contributed by atoms with van der Waals surface area (Å²) in [5.41, 5.74) is 4.54. The third-order valence-corrected chi connectivity index (χ3v) is 5.84. The third-order valence-electron chi connectivity index (χ3n) is 5.84. The molecule has 1 amide bonds. The number of fused-ring (bicyclic) bond motifs is 1. The fourth-order valence-electron chi connectivity index (χ4n) is 4.24. The van der Waals surface area contributed by atoms with Crippen molar-refractivity contribution < 1.29 is 13.9 Å². The first-order valence-electron chi connectivity index (χ1n) is 11.9. The number of hydrogen-bond donors (Lipinski definition) is 1. The van der Waals surface area contributed by atoms with Gasteiger partial charge in [0.25, 0.3) is 0 Å². The highest BCUT2D eigenvalue weighted by molar-refractivity contribution is 5.84. The lowest BCUT2D eigenvalue weighted by Crippen LogP contribution is -2.41. The second kappa shape index (κ2) is 9.45. The molecular weight excluding hydrogens is 457 g/mol. The molecule has 1 N–H and O–H groups in total. The highest BCUT2D eigenvalue weighted by Gasteiger charge is 2.30. The smallest absolute Gasteiger partial charge is 0.410 e. The molecule has 0 radical (unpaired) electrons. The van der Waals surface area contributed by atoms with Crippen molar-refractivity contribution in [3.8, 4) is 22.4 Å². The second-order valence-corrected chi connectivity index (χ2v) is 9.72. The molecule has 2 aromatic carbocycles. The zero-order chi connectivity index (χ0) is 25.3. The van der Waals surface area contributed by atoms with E-state index in [2.05, 4.69) is 10.3 Å². The van der Waals surface area contributed by atoms with Crippen molar-refractivity contribution in [1.29, 1.82) is 0 Å². The summed E-state index contributed by atoms with van der Waals surface area (Å²) in [5.74, 6) is 0.377. The summed E-state index contributed by atoms with van der Waals surface area (Å²) >= 11 is 0. The summed E-state index contributed by atoms with van der Waals surface area (Å²) in [5, 5.41) is 8.22. The zero-order valence-electron chi connectivity index (χ0n) is 20.5.